The van der Waals surface area contributed by atoms with E-state index in [1.165, 1.54) is 12.0 Å². The lowest BCUT2D eigenvalue weighted by Gasteiger charge is -2.33. The van der Waals surface area contributed by atoms with Crippen LogP contribution in [-0.2, 0) is 0 Å². The summed E-state index contributed by atoms with van der Waals surface area (Å²) in [6.07, 6.45) is 3.30. The summed E-state index contributed by atoms with van der Waals surface area (Å²) in [5.74, 6) is 0.195. The first-order valence-electron chi connectivity index (χ1n) is 7.72. The Kier molecular flexibility index (Phi) is 5.18. The molecule has 0 saturated carbocycles. The van der Waals surface area contributed by atoms with E-state index in [0.717, 1.165) is 43.6 Å². The van der Waals surface area contributed by atoms with Gasteiger partial charge in [-0.05, 0) is 56.8 Å². The van der Waals surface area contributed by atoms with Crippen molar-refractivity contribution in [3.8, 4) is 0 Å². The summed E-state index contributed by atoms with van der Waals surface area (Å²) < 4.78 is 0. The third kappa shape index (κ3) is 3.40. The molecule has 110 valence electrons. The number of aryl methyl sites for hydroxylation is 1. The Morgan fingerprint density at radius 3 is 2.65 bits per heavy atom. The molecule has 1 saturated heterocycles. The van der Waals surface area contributed by atoms with Crippen molar-refractivity contribution in [1.29, 1.82) is 0 Å². The molecule has 0 aliphatic carbocycles. The first kappa shape index (κ1) is 15.0. The Hall–Kier alpha value is -1.35. The quantitative estimate of drug-likeness (QED) is 0.915. The van der Waals surface area contributed by atoms with Crippen LogP contribution >= 0.6 is 0 Å². The summed E-state index contributed by atoms with van der Waals surface area (Å²) >= 11 is 0. The SMILES string of the molecule is CCCNC1CCN(C(=O)c2cccc(C)c2C)CC1. The van der Waals surface area contributed by atoms with Gasteiger partial charge in [0.15, 0.2) is 0 Å². The minimum Gasteiger partial charge on any atom is -0.339 e. The van der Waals surface area contributed by atoms with Gasteiger partial charge in [0.25, 0.3) is 5.91 Å². The number of nitrogens with one attached hydrogen (secondary N) is 1. The Bertz CT molecular complexity index is 462. The summed E-state index contributed by atoms with van der Waals surface area (Å²) in [6.45, 7) is 9.11. The predicted octanol–water partition coefficient (Wildman–Crippen LogP) is 2.91. The highest BCUT2D eigenvalue weighted by Crippen LogP contribution is 2.18. The van der Waals surface area contributed by atoms with E-state index < -0.39 is 0 Å². The number of hydrogen-bond donors (Lipinski definition) is 1. The molecule has 1 heterocycles. The van der Waals surface area contributed by atoms with Gasteiger partial charge in [0, 0.05) is 24.7 Å². The molecule has 1 amide bonds. The zero-order chi connectivity index (χ0) is 14.5. The van der Waals surface area contributed by atoms with Gasteiger partial charge < -0.3 is 10.2 Å². The van der Waals surface area contributed by atoms with Crippen LogP contribution in [0.2, 0.25) is 0 Å². The van der Waals surface area contributed by atoms with Gasteiger partial charge in [0.05, 0.1) is 0 Å². The second-order valence-corrected chi connectivity index (χ2v) is 5.77. The number of benzene rings is 1. The van der Waals surface area contributed by atoms with Gasteiger partial charge in [0.2, 0.25) is 0 Å². The molecule has 0 aromatic heterocycles. The summed E-state index contributed by atoms with van der Waals surface area (Å²) in [5, 5.41) is 3.55. The van der Waals surface area contributed by atoms with Crippen LogP contribution < -0.4 is 5.32 Å². The van der Waals surface area contributed by atoms with E-state index in [-0.39, 0.29) is 5.91 Å². The van der Waals surface area contributed by atoms with Gasteiger partial charge in [-0.25, -0.2) is 0 Å². The van der Waals surface area contributed by atoms with Crippen molar-refractivity contribution < 1.29 is 4.79 Å². The summed E-state index contributed by atoms with van der Waals surface area (Å²) in [4.78, 5) is 14.6. The van der Waals surface area contributed by atoms with E-state index in [4.69, 9.17) is 0 Å². The second-order valence-electron chi connectivity index (χ2n) is 5.77. The number of carbonyl (C=O) groups excluding carboxylic acids is 1. The molecule has 0 spiro atoms. The zero-order valence-electron chi connectivity index (χ0n) is 12.9. The number of piperidine rings is 1. The maximum Gasteiger partial charge on any atom is 0.254 e. The molecule has 1 N–H and O–H groups in total. The lowest BCUT2D eigenvalue weighted by Crippen LogP contribution is -2.45. The number of likely N-dealkylation sites (tertiary alicyclic amines) is 1. The van der Waals surface area contributed by atoms with Crippen LogP contribution in [-0.4, -0.2) is 36.5 Å². The molecule has 1 aromatic carbocycles. The van der Waals surface area contributed by atoms with Crippen LogP contribution in [0.15, 0.2) is 18.2 Å². The van der Waals surface area contributed by atoms with Gasteiger partial charge >= 0.3 is 0 Å². The number of nitrogens with zero attached hydrogens (tertiary/aromatic N) is 1. The number of amides is 1. The average molecular weight is 274 g/mol. The standard InChI is InChI=1S/C17H26N2O/c1-4-10-18-15-8-11-19(12-9-15)17(20)16-7-5-6-13(2)14(16)3/h5-7,15,18H,4,8-12H2,1-3H3. The maximum absolute atomic E-state index is 12.6. The van der Waals surface area contributed by atoms with Crippen molar-refractivity contribution in [2.24, 2.45) is 0 Å². The average Bonchev–Trinajstić information content (AvgIpc) is 2.48. The largest absolute Gasteiger partial charge is 0.339 e. The normalized spacial score (nSPS) is 16.4. The number of hydrogen-bond acceptors (Lipinski definition) is 2. The van der Waals surface area contributed by atoms with Crippen molar-refractivity contribution in [1.82, 2.24) is 10.2 Å². The molecule has 0 unspecified atom stereocenters. The third-order valence-electron chi connectivity index (χ3n) is 4.30. The van der Waals surface area contributed by atoms with Crippen LogP contribution in [0.3, 0.4) is 0 Å². The fraction of sp³-hybridized carbons (Fsp3) is 0.588. The Morgan fingerprint density at radius 2 is 2.00 bits per heavy atom. The van der Waals surface area contributed by atoms with E-state index in [1.807, 2.05) is 24.0 Å². The highest BCUT2D eigenvalue weighted by atomic mass is 16.2. The highest BCUT2D eigenvalue weighted by Gasteiger charge is 2.24. The van der Waals surface area contributed by atoms with Crippen molar-refractivity contribution >= 4 is 5.91 Å². The van der Waals surface area contributed by atoms with E-state index in [0.29, 0.717) is 6.04 Å². The van der Waals surface area contributed by atoms with Crippen molar-refractivity contribution in [2.45, 2.75) is 46.1 Å². The highest BCUT2D eigenvalue weighted by molar-refractivity contribution is 5.96. The maximum atomic E-state index is 12.6. The molecule has 1 aliphatic rings. The van der Waals surface area contributed by atoms with Crippen LogP contribution in [0.4, 0.5) is 0 Å². The zero-order valence-corrected chi connectivity index (χ0v) is 12.9. The number of carbonyl (C=O) groups is 1. The van der Waals surface area contributed by atoms with Gasteiger partial charge in [-0.2, -0.15) is 0 Å². The summed E-state index contributed by atoms with van der Waals surface area (Å²) in [7, 11) is 0. The topological polar surface area (TPSA) is 32.3 Å². The van der Waals surface area contributed by atoms with Gasteiger partial charge in [-0.15, -0.1) is 0 Å². The van der Waals surface area contributed by atoms with Gasteiger partial charge in [0.1, 0.15) is 0 Å². The smallest absolute Gasteiger partial charge is 0.254 e. The molecule has 0 bridgehead atoms. The van der Waals surface area contributed by atoms with Crippen LogP contribution in [0.25, 0.3) is 0 Å². The predicted molar refractivity (Wildman–Crippen MR) is 83.1 cm³/mol. The molecule has 0 radical (unpaired) electrons. The lowest BCUT2D eigenvalue weighted by atomic mass is 10.00. The first-order chi connectivity index (χ1) is 9.63. The minimum atomic E-state index is 0.195. The molecular formula is C17H26N2O. The van der Waals surface area contributed by atoms with Crippen molar-refractivity contribution in [3.05, 3.63) is 34.9 Å². The van der Waals surface area contributed by atoms with Crippen molar-refractivity contribution in [3.63, 3.8) is 0 Å². The third-order valence-corrected chi connectivity index (χ3v) is 4.30. The van der Waals surface area contributed by atoms with E-state index in [9.17, 15) is 4.79 Å². The van der Waals surface area contributed by atoms with E-state index >= 15 is 0 Å². The molecule has 1 aliphatic heterocycles. The molecular weight excluding hydrogens is 248 g/mol. The number of rotatable bonds is 4. The Morgan fingerprint density at radius 1 is 1.30 bits per heavy atom. The fourth-order valence-electron chi connectivity index (χ4n) is 2.79. The molecule has 1 aromatic rings. The van der Waals surface area contributed by atoms with E-state index in [2.05, 4.69) is 25.2 Å². The van der Waals surface area contributed by atoms with Crippen LogP contribution in [0.1, 0.15) is 47.7 Å². The first-order valence-corrected chi connectivity index (χ1v) is 7.72. The summed E-state index contributed by atoms with van der Waals surface area (Å²) in [5.41, 5.74) is 3.17. The molecule has 3 heteroatoms. The Balaban J connectivity index is 1.96. The molecule has 20 heavy (non-hydrogen) atoms. The molecule has 2 rings (SSSR count). The van der Waals surface area contributed by atoms with E-state index in [1.54, 1.807) is 0 Å². The van der Waals surface area contributed by atoms with Gasteiger partial charge in [-0.1, -0.05) is 19.1 Å². The van der Waals surface area contributed by atoms with Crippen LogP contribution in [0.5, 0.6) is 0 Å². The summed E-state index contributed by atoms with van der Waals surface area (Å²) in [6, 6.07) is 6.57. The second kappa shape index (κ2) is 6.89. The van der Waals surface area contributed by atoms with Gasteiger partial charge in [-0.3, -0.25) is 4.79 Å². The van der Waals surface area contributed by atoms with Crippen molar-refractivity contribution in [2.75, 3.05) is 19.6 Å². The fourth-order valence-corrected chi connectivity index (χ4v) is 2.79. The molecule has 1 fully saturated rings. The molecule has 3 nitrogen and oxygen atoms in total. The lowest BCUT2D eigenvalue weighted by molar-refractivity contribution is 0.0704. The monoisotopic (exact) mass is 274 g/mol. The Labute approximate surface area is 122 Å². The van der Waals surface area contributed by atoms with Crippen LogP contribution in [0, 0.1) is 13.8 Å². The minimum absolute atomic E-state index is 0.195. The molecule has 0 atom stereocenters.